The molecule has 1 aliphatic heterocycles. The number of rotatable bonds is 7. The van der Waals surface area contributed by atoms with E-state index in [9.17, 15) is 9.59 Å². The number of unbranched alkanes of at least 4 members (excludes halogenated alkanes) is 5. The van der Waals surface area contributed by atoms with E-state index < -0.39 is 11.8 Å². The fraction of sp³-hybridized carbons (Fsp3) is 0.500. The van der Waals surface area contributed by atoms with Gasteiger partial charge in [0.1, 0.15) is 0 Å². The number of imide groups is 1. The van der Waals surface area contributed by atoms with Gasteiger partial charge in [-0.15, -0.1) is 0 Å². The van der Waals surface area contributed by atoms with Gasteiger partial charge in [-0.05, 0) is 6.42 Å². The van der Waals surface area contributed by atoms with E-state index >= 15 is 0 Å². The predicted octanol–water partition coefficient (Wildman–Crippen LogP) is 6.26. The van der Waals surface area contributed by atoms with E-state index in [1.165, 1.54) is 24.2 Å². The van der Waals surface area contributed by atoms with Gasteiger partial charge in [0.2, 0.25) is 0 Å². The third-order valence-electron chi connectivity index (χ3n) is 3.92. The second-order valence-electron chi connectivity index (χ2n) is 5.54. The second kappa shape index (κ2) is 8.06. The molecule has 126 valence electrons. The van der Waals surface area contributed by atoms with Crippen LogP contribution in [0.15, 0.2) is 0 Å². The van der Waals surface area contributed by atoms with Crippen molar-refractivity contribution in [1.82, 2.24) is 4.90 Å². The molecule has 0 bridgehead atoms. The first-order chi connectivity index (χ1) is 10.9. The number of amides is 2. The fourth-order valence-electron chi connectivity index (χ4n) is 2.65. The smallest absolute Gasteiger partial charge is 0.263 e. The quantitative estimate of drug-likeness (QED) is 0.236. The van der Waals surface area contributed by atoms with Crippen LogP contribution in [-0.2, 0) is 0 Å². The van der Waals surface area contributed by atoms with Gasteiger partial charge in [-0.25, -0.2) is 0 Å². The van der Waals surface area contributed by atoms with E-state index in [-0.39, 0.29) is 31.2 Å². The lowest BCUT2D eigenvalue weighted by Gasteiger charge is -2.13. The Balaban J connectivity index is 2.12. The lowest BCUT2D eigenvalue weighted by atomic mass is 10.1. The van der Waals surface area contributed by atoms with E-state index in [1.54, 1.807) is 0 Å². The summed E-state index contributed by atoms with van der Waals surface area (Å²) in [7, 11) is 0. The van der Waals surface area contributed by atoms with Gasteiger partial charge in [-0.2, -0.15) is 0 Å². The number of hydrogen-bond acceptors (Lipinski definition) is 2. The summed E-state index contributed by atoms with van der Waals surface area (Å²) in [6.07, 6.45) is 6.37. The van der Waals surface area contributed by atoms with Crippen molar-refractivity contribution in [1.29, 1.82) is 0 Å². The minimum absolute atomic E-state index is 0.000325. The molecule has 0 saturated carbocycles. The van der Waals surface area contributed by atoms with Gasteiger partial charge < -0.3 is 0 Å². The van der Waals surface area contributed by atoms with Gasteiger partial charge in [0, 0.05) is 6.54 Å². The standard InChI is InChI=1S/C16H17Cl4NO2/c1-2-3-4-5-6-7-8-21-15(22)9-10(16(21)23)12(18)14(20)13(19)11(9)17/h2-8H2,1H3. The van der Waals surface area contributed by atoms with Crippen molar-refractivity contribution in [2.24, 2.45) is 0 Å². The maximum atomic E-state index is 12.5. The van der Waals surface area contributed by atoms with Crippen LogP contribution >= 0.6 is 46.4 Å². The molecule has 2 rings (SSSR count). The molecule has 1 heterocycles. The molecular weight excluding hydrogens is 380 g/mol. The predicted molar refractivity (Wildman–Crippen MR) is 95.2 cm³/mol. The topological polar surface area (TPSA) is 37.4 Å². The minimum atomic E-state index is -0.455. The maximum Gasteiger partial charge on any atom is 0.263 e. The van der Waals surface area contributed by atoms with Crippen LogP contribution in [0.3, 0.4) is 0 Å². The van der Waals surface area contributed by atoms with Crippen molar-refractivity contribution in [3.63, 3.8) is 0 Å². The molecular formula is C16H17Cl4NO2. The third kappa shape index (κ3) is 3.63. The molecule has 2 amide bonds. The van der Waals surface area contributed by atoms with E-state index in [1.807, 2.05) is 0 Å². The zero-order chi connectivity index (χ0) is 17.1. The molecule has 23 heavy (non-hydrogen) atoms. The van der Waals surface area contributed by atoms with Crippen LogP contribution in [0.4, 0.5) is 0 Å². The summed E-state index contributed by atoms with van der Waals surface area (Å²) in [5, 5.41) is -0.0287. The lowest BCUT2D eigenvalue weighted by Crippen LogP contribution is -2.30. The van der Waals surface area contributed by atoms with Crippen LogP contribution in [-0.4, -0.2) is 23.3 Å². The number of halogens is 4. The summed E-state index contributed by atoms with van der Waals surface area (Å²) in [6.45, 7) is 2.50. The largest absolute Gasteiger partial charge is 0.274 e. The molecule has 7 heteroatoms. The summed E-state index contributed by atoms with van der Waals surface area (Å²) in [6, 6.07) is 0. The summed E-state index contributed by atoms with van der Waals surface area (Å²) in [5.41, 5.74) is 0.115. The van der Waals surface area contributed by atoms with Crippen LogP contribution in [0.25, 0.3) is 0 Å². The van der Waals surface area contributed by atoms with Crippen LogP contribution < -0.4 is 0 Å². The average molecular weight is 397 g/mol. The van der Waals surface area contributed by atoms with Crippen molar-refractivity contribution in [3.05, 3.63) is 31.2 Å². The van der Waals surface area contributed by atoms with Crippen LogP contribution in [0.5, 0.6) is 0 Å². The van der Waals surface area contributed by atoms with Crippen LogP contribution in [0.1, 0.15) is 66.2 Å². The number of fused-ring (bicyclic) bond motifs is 1. The number of hydrogen-bond donors (Lipinski definition) is 0. The first-order valence-corrected chi connectivity index (χ1v) is 9.15. The first kappa shape index (κ1) is 18.9. The number of benzene rings is 1. The van der Waals surface area contributed by atoms with E-state index in [0.717, 1.165) is 19.3 Å². The molecule has 0 N–H and O–H groups in total. The van der Waals surface area contributed by atoms with Gasteiger partial charge >= 0.3 is 0 Å². The normalized spacial score (nSPS) is 13.9. The Morgan fingerprint density at radius 1 is 0.696 bits per heavy atom. The SMILES string of the molecule is CCCCCCCCN1C(=O)c2c(Cl)c(Cl)c(Cl)c(Cl)c2C1=O. The number of carbonyl (C=O) groups excluding carboxylic acids is 2. The molecule has 0 atom stereocenters. The van der Waals surface area contributed by atoms with Gasteiger partial charge in [0.05, 0.1) is 31.2 Å². The Hall–Kier alpha value is -0.480. The zero-order valence-electron chi connectivity index (χ0n) is 12.7. The van der Waals surface area contributed by atoms with Crippen molar-refractivity contribution in [2.75, 3.05) is 6.54 Å². The monoisotopic (exact) mass is 395 g/mol. The summed E-state index contributed by atoms with van der Waals surface area (Å²) < 4.78 is 0. The minimum Gasteiger partial charge on any atom is -0.274 e. The molecule has 0 aliphatic carbocycles. The van der Waals surface area contributed by atoms with Gasteiger partial charge in [0.15, 0.2) is 0 Å². The highest BCUT2D eigenvalue weighted by atomic mass is 35.5. The first-order valence-electron chi connectivity index (χ1n) is 7.63. The van der Waals surface area contributed by atoms with Gasteiger partial charge in [-0.3, -0.25) is 14.5 Å². The molecule has 1 aromatic rings. The van der Waals surface area contributed by atoms with Crippen LogP contribution in [0.2, 0.25) is 20.1 Å². The summed E-state index contributed by atoms with van der Waals surface area (Å²) in [4.78, 5) is 26.1. The van der Waals surface area contributed by atoms with E-state index in [2.05, 4.69) is 6.92 Å². The van der Waals surface area contributed by atoms with Gasteiger partial charge in [0.25, 0.3) is 11.8 Å². The maximum absolute atomic E-state index is 12.5. The third-order valence-corrected chi connectivity index (χ3v) is 5.72. The van der Waals surface area contributed by atoms with E-state index in [4.69, 9.17) is 46.4 Å². The molecule has 0 saturated heterocycles. The molecule has 1 aliphatic rings. The fourth-order valence-corrected chi connectivity index (χ4v) is 3.66. The Morgan fingerprint density at radius 3 is 1.61 bits per heavy atom. The average Bonchev–Trinajstić information content (AvgIpc) is 2.78. The second-order valence-corrected chi connectivity index (χ2v) is 7.05. The lowest BCUT2D eigenvalue weighted by molar-refractivity contribution is 0.0651. The molecule has 3 nitrogen and oxygen atoms in total. The molecule has 0 spiro atoms. The van der Waals surface area contributed by atoms with Crippen molar-refractivity contribution in [2.45, 2.75) is 45.4 Å². The molecule has 0 aromatic heterocycles. The van der Waals surface area contributed by atoms with E-state index in [0.29, 0.717) is 6.54 Å². The molecule has 0 fully saturated rings. The zero-order valence-corrected chi connectivity index (χ0v) is 15.7. The van der Waals surface area contributed by atoms with Gasteiger partial charge in [-0.1, -0.05) is 85.4 Å². The summed E-state index contributed by atoms with van der Waals surface area (Å²) >= 11 is 24.1. The van der Waals surface area contributed by atoms with Crippen LogP contribution in [0, 0.1) is 0 Å². The number of carbonyl (C=O) groups is 2. The highest BCUT2D eigenvalue weighted by Crippen LogP contribution is 2.44. The highest BCUT2D eigenvalue weighted by Gasteiger charge is 2.41. The van der Waals surface area contributed by atoms with Crippen molar-refractivity contribution < 1.29 is 9.59 Å². The highest BCUT2D eigenvalue weighted by molar-refractivity contribution is 6.55. The molecule has 0 radical (unpaired) electrons. The Labute approximate surface area is 155 Å². The molecule has 0 unspecified atom stereocenters. The summed E-state index contributed by atoms with van der Waals surface area (Å²) in [5.74, 6) is -0.909. The Bertz CT molecular complexity index is 599. The van der Waals surface area contributed by atoms with Crippen molar-refractivity contribution in [3.8, 4) is 0 Å². The number of nitrogens with zero attached hydrogens (tertiary/aromatic N) is 1. The molecule has 1 aromatic carbocycles. The Morgan fingerprint density at radius 2 is 1.13 bits per heavy atom. The van der Waals surface area contributed by atoms with Crippen molar-refractivity contribution >= 4 is 58.2 Å². The Kier molecular flexibility index (Phi) is 6.61.